The summed E-state index contributed by atoms with van der Waals surface area (Å²) in [4.78, 5) is 29.3. The number of anilines is 1. The van der Waals surface area contributed by atoms with E-state index in [0.717, 1.165) is 17.3 Å². The van der Waals surface area contributed by atoms with E-state index in [1.54, 1.807) is 6.92 Å². The van der Waals surface area contributed by atoms with Crippen molar-refractivity contribution in [2.45, 2.75) is 31.7 Å². The van der Waals surface area contributed by atoms with E-state index in [1.165, 1.54) is 17.4 Å². The normalized spacial score (nSPS) is 18.4. The first-order valence-corrected chi connectivity index (χ1v) is 10.1. The fourth-order valence-corrected chi connectivity index (χ4v) is 4.59. The average Bonchev–Trinajstić information content (AvgIpc) is 3.12. The van der Waals surface area contributed by atoms with Gasteiger partial charge in [-0.25, -0.2) is 13.8 Å². The molecule has 0 spiro atoms. The number of ketones is 1. The third-order valence-corrected chi connectivity index (χ3v) is 5.95. The van der Waals surface area contributed by atoms with E-state index in [9.17, 15) is 18.4 Å². The molecule has 0 bridgehead atoms. The van der Waals surface area contributed by atoms with Gasteiger partial charge in [-0.05, 0) is 30.7 Å². The van der Waals surface area contributed by atoms with Gasteiger partial charge in [0.15, 0.2) is 17.4 Å². The number of carbonyl (C=O) groups is 2. The van der Waals surface area contributed by atoms with E-state index in [0.29, 0.717) is 9.71 Å². The quantitative estimate of drug-likeness (QED) is 0.631. The lowest BCUT2D eigenvalue weighted by molar-refractivity contribution is -0.144. The maximum atomic E-state index is 14.0. The van der Waals surface area contributed by atoms with Gasteiger partial charge in [-0.3, -0.25) is 9.59 Å². The fourth-order valence-electron chi connectivity index (χ4n) is 3.58. The molecule has 1 aliphatic rings. The molecule has 1 aromatic heterocycles. The Balaban J connectivity index is 1.67. The Kier molecular flexibility index (Phi) is 5.27. The summed E-state index contributed by atoms with van der Waals surface area (Å²) in [6.07, 6.45) is 0.175. The molecule has 150 valence electrons. The second-order valence-electron chi connectivity index (χ2n) is 6.77. The highest BCUT2D eigenvalue weighted by atomic mass is 32.1. The van der Waals surface area contributed by atoms with Crippen molar-refractivity contribution in [1.82, 2.24) is 4.98 Å². The summed E-state index contributed by atoms with van der Waals surface area (Å²) in [6, 6.07) is 9.21. The van der Waals surface area contributed by atoms with Gasteiger partial charge in [0.1, 0.15) is 5.52 Å². The molecule has 0 radical (unpaired) electrons. The summed E-state index contributed by atoms with van der Waals surface area (Å²) < 4.78 is 33.0. The molecule has 2 unspecified atom stereocenters. The number of hydrogen-bond donors (Lipinski definition) is 1. The number of hydrogen-bond acceptors (Lipinski definition) is 6. The zero-order valence-electron chi connectivity index (χ0n) is 15.6. The van der Waals surface area contributed by atoms with E-state index in [-0.39, 0.29) is 30.7 Å². The lowest BCUT2D eigenvalue weighted by atomic mass is 9.83. The Morgan fingerprint density at radius 1 is 1.24 bits per heavy atom. The first kappa shape index (κ1) is 19.4. The van der Waals surface area contributed by atoms with Crippen LogP contribution < -0.4 is 5.32 Å². The minimum absolute atomic E-state index is 0.0252. The monoisotopic (exact) mass is 416 g/mol. The average molecular weight is 416 g/mol. The number of rotatable bonds is 5. The van der Waals surface area contributed by atoms with Crippen molar-refractivity contribution in [2.24, 2.45) is 0 Å². The van der Waals surface area contributed by atoms with Crippen molar-refractivity contribution in [1.29, 1.82) is 0 Å². The van der Waals surface area contributed by atoms with Gasteiger partial charge in [-0.1, -0.05) is 18.2 Å². The molecule has 8 heteroatoms. The predicted molar refractivity (Wildman–Crippen MR) is 106 cm³/mol. The number of aromatic nitrogens is 1. The first-order valence-electron chi connectivity index (χ1n) is 9.26. The molecule has 1 aliphatic heterocycles. The fraction of sp³-hybridized carbons (Fsp3) is 0.286. The van der Waals surface area contributed by atoms with Crippen molar-refractivity contribution in [2.75, 3.05) is 11.9 Å². The first-order chi connectivity index (χ1) is 14.0. The number of benzene rings is 2. The summed E-state index contributed by atoms with van der Waals surface area (Å²) in [5, 5.41) is 3.65. The zero-order chi connectivity index (χ0) is 20.5. The van der Waals surface area contributed by atoms with Crippen LogP contribution in [0.4, 0.5) is 14.5 Å². The van der Waals surface area contributed by atoms with Crippen LogP contribution in [-0.2, 0) is 20.7 Å². The minimum Gasteiger partial charge on any atom is -0.466 e. The second kappa shape index (κ2) is 7.87. The molecule has 3 aromatic rings. The van der Waals surface area contributed by atoms with Crippen molar-refractivity contribution in [3.63, 3.8) is 0 Å². The molecule has 2 atom stereocenters. The van der Waals surface area contributed by atoms with Crippen LogP contribution in [0.15, 0.2) is 36.4 Å². The third-order valence-electron chi connectivity index (χ3n) is 4.90. The van der Waals surface area contributed by atoms with Crippen LogP contribution in [0.1, 0.15) is 29.8 Å². The Morgan fingerprint density at radius 2 is 2.03 bits per heavy atom. The lowest BCUT2D eigenvalue weighted by Gasteiger charge is -2.31. The molecular weight excluding hydrogens is 398 g/mol. The van der Waals surface area contributed by atoms with Crippen LogP contribution in [0.2, 0.25) is 0 Å². The van der Waals surface area contributed by atoms with Crippen LogP contribution in [-0.4, -0.2) is 29.4 Å². The Hall–Kier alpha value is -2.87. The molecule has 4 rings (SSSR count). The SMILES string of the molecule is CCOC(=O)CC1Nc2ccccc2C(Cc2nc3c(F)c(F)ccc3s2)C1=O. The molecule has 0 aliphatic carbocycles. The Morgan fingerprint density at radius 3 is 2.83 bits per heavy atom. The topological polar surface area (TPSA) is 68.3 Å². The molecule has 0 saturated heterocycles. The largest absolute Gasteiger partial charge is 0.466 e. The Bertz CT molecular complexity index is 1100. The molecule has 0 amide bonds. The summed E-state index contributed by atoms with van der Waals surface area (Å²) in [7, 11) is 0. The van der Waals surface area contributed by atoms with Crippen molar-refractivity contribution >= 4 is 39.0 Å². The van der Waals surface area contributed by atoms with Crippen LogP contribution in [0.25, 0.3) is 10.2 Å². The molecule has 2 heterocycles. The van der Waals surface area contributed by atoms with E-state index < -0.39 is 29.6 Å². The smallest absolute Gasteiger partial charge is 0.308 e. The van der Waals surface area contributed by atoms with Gasteiger partial charge in [0, 0.05) is 12.1 Å². The molecule has 0 saturated carbocycles. The van der Waals surface area contributed by atoms with Gasteiger partial charge in [-0.15, -0.1) is 11.3 Å². The van der Waals surface area contributed by atoms with Crippen molar-refractivity contribution in [3.05, 3.63) is 58.6 Å². The highest BCUT2D eigenvalue weighted by Gasteiger charge is 2.36. The number of esters is 1. The number of nitrogens with zero attached hydrogens (tertiary/aromatic N) is 1. The molecule has 29 heavy (non-hydrogen) atoms. The number of Topliss-reactive ketones (excluding diaryl/α,β-unsaturated/α-hetero) is 1. The number of halogens is 2. The molecular formula is C21H18F2N2O3S. The lowest BCUT2D eigenvalue weighted by Crippen LogP contribution is -2.41. The zero-order valence-corrected chi connectivity index (χ0v) is 16.4. The van der Waals surface area contributed by atoms with Gasteiger partial charge in [0.25, 0.3) is 0 Å². The van der Waals surface area contributed by atoms with Crippen molar-refractivity contribution < 1.29 is 23.1 Å². The number of carbonyl (C=O) groups excluding carboxylic acids is 2. The summed E-state index contributed by atoms with van der Waals surface area (Å²) in [5.41, 5.74) is 1.54. The number of nitrogens with one attached hydrogen (secondary N) is 1. The van der Waals surface area contributed by atoms with Crippen molar-refractivity contribution in [3.8, 4) is 0 Å². The maximum Gasteiger partial charge on any atom is 0.308 e. The van der Waals surface area contributed by atoms with Crippen LogP contribution in [0, 0.1) is 11.6 Å². The minimum atomic E-state index is -0.984. The van der Waals surface area contributed by atoms with E-state index in [4.69, 9.17) is 4.74 Å². The van der Waals surface area contributed by atoms with Crippen LogP contribution in [0.5, 0.6) is 0 Å². The van der Waals surface area contributed by atoms with Crippen LogP contribution in [0.3, 0.4) is 0 Å². The van der Waals surface area contributed by atoms with E-state index in [2.05, 4.69) is 10.3 Å². The van der Waals surface area contributed by atoms with E-state index in [1.807, 2.05) is 24.3 Å². The number of para-hydroxylation sites is 1. The standard InChI is InChI=1S/C21H18F2N2O3S/c1-2-28-18(26)10-15-21(27)12(11-5-3-4-6-14(11)24-15)9-17-25-20-16(29-17)8-7-13(22)19(20)23/h3-8,12,15,24H,2,9-10H2,1H3. The second-order valence-corrected chi connectivity index (χ2v) is 7.88. The Labute approximate surface area is 169 Å². The summed E-state index contributed by atoms with van der Waals surface area (Å²) >= 11 is 1.23. The third kappa shape index (κ3) is 3.72. The number of fused-ring (bicyclic) bond motifs is 2. The van der Waals surface area contributed by atoms with Gasteiger partial charge in [-0.2, -0.15) is 0 Å². The summed E-state index contributed by atoms with van der Waals surface area (Å²) in [6.45, 7) is 1.95. The number of ether oxygens (including phenoxy) is 1. The molecule has 0 fully saturated rings. The summed E-state index contributed by atoms with van der Waals surface area (Å²) in [5.74, 6) is -3.08. The molecule has 2 aromatic carbocycles. The predicted octanol–water partition coefficient (Wildman–Crippen LogP) is 4.22. The van der Waals surface area contributed by atoms with Gasteiger partial charge < -0.3 is 10.1 Å². The molecule has 5 nitrogen and oxygen atoms in total. The van der Waals surface area contributed by atoms with Crippen LogP contribution >= 0.6 is 11.3 Å². The number of thiazole rings is 1. The van der Waals surface area contributed by atoms with Gasteiger partial charge in [0.2, 0.25) is 0 Å². The molecule has 1 N–H and O–H groups in total. The maximum absolute atomic E-state index is 14.0. The highest BCUT2D eigenvalue weighted by Crippen LogP contribution is 2.37. The highest BCUT2D eigenvalue weighted by molar-refractivity contribution is 7.18. The van der Waals surface area contributed by atoms with E-state index >= 15 is 0 Å². The van der Waals surface area contributed by atoms with Gasteiger partial charge >= 0.3 is 5.97 Å². The van der Waals surface area contributed by atoms with Gasteiger partial charge in [0.05, 0.1) is 34.7 Å².